The van der Waals surface area contributed by atoms with Crippen molar-refractivity contribution in [3.05, 3.63) is 35.5 Å². The van der Waals surface area contributed by atoms with Gasteiger partial charge in [0.2, 0.25) is 0 Å². The normalized spacial score (nSPS) is 18.9. The fraction of sp³-hybridized carbons (Fsp3) is 0.308. The number of rotatable bonds is 2. The third-order valence-electron chi connectivity index (χ3n) is 3.45. The number of aromatic nitrogens is 1. The highest BCUT2D eigenvalue weighted by Crippen LogP contribution is 2.38. The third kappa shape index (κ3) is 1.32. The van der Waals surface area contributed by atoms with Crippen molar-refractivity contribution in [3.8, 4) is 0 Å². The largest absolute Gasteiger partial charge is 0.481 e. The van der Waals surface area contributed by atoms with E-state index in [0.717, 1.165) is 18.4 Å². The SMILES string of the molecule is O=C(O)CC1CCc2cccc3[nH]cc1c23. The molecule has 0 saturated carbocycles. The predicted octanol–water partition coefficient (Wildman–Crippen LogP) is 2.67. The molecule has 2 aromatic rings. The first-order valence-electron chi connectivity index (χ1n) is 5.56. The maximum atomic E-state index is 10.8. The minimum Gasteiger partial charge on any atom is -0.481 e. The molecule has 3 nitrogen and oxygen atoms in total. The van der Waals surface area contributed by atoms with Gasteiger partial charge in [0.15, 0.2) is 0 Å². The minimum absolute atomic E-state index is 0.168. The Morgan fingerprint density at radius 3 is 3.19 bits per heavy atom. The zero-order chi connectivity index (χ0) is 11.1. The Labute approximate surface area is 93.1 Å². The van der Waals surface area contributed by atoms with E-state index in [2.05, 4.69) is 17.1 Å². The molecule has 16 heavy (non-hydrogen) atoms. The summed E-state index contributed by atoms with van der Waals surface area (Å²) in [6.07, 6.45) is 4.14. The summed E-state index contributed by atoms with van der Waals surface area (Å²) in [6, 6.07) is 6.23. The van der Waals surface area contributed by atoms with E-state index in [0.29, 0.717) is 0 Å². The highest BCUT2D eigenvalue weighted by molar-refractivity contribution is 5.88. The molecule has 0 saturated heterocycles. The molecule has 1 aromatic heterocycles. The first-order chi connectivity index (χ1) is 7.75. The average molecular weight is 215 g/mol. The lowest BCUT2D eigenvalue weighted by molar-refractivity contribution is -0.137. The van der Waals surface area contributed by atoms with Crippen LogP contribution in [-0.4, -0.2) is 16.1 Å². The fourth-order valence-electron chi connectivity index (χ4n) is 2.73. The molecule has 2 N–H and O–H groups in total. The van der Waals surface area contributed by atoms with Crippen LogP contribution >= 0.6 is 0 Å². The number of aryl methyl sites for hydroxylation is 1. The van der Waals surface area contributed by atoms with Crippen molar-refractivity contribution in [3.63, 3.8) is 0 Å². The van der Waals surface area contributed by atoms with E-state index in [9.17, 15) is 4.79 Å². The van der Waals surface area contributed by atoms with Crippen molar-refractivity contribution in [2.75, 3.05) is 0 Å². The zero-order valence-corrected chi connectivity index (χ0v) is 8.86. The Bertz CT molecular complexity index is 556. The highest BCUT2D eigenvalue weighted by atomic mass is 16.4. The van der Waals surface area contributed by atoms with Gasteiger partial charge in [0.25, 0.3) is 0 Å². The van der Waals surface area contributed by atoms with Crippen LogP contribution in [0.3, 0.4) is 0 Å². The maximum absolute atomic E-state index is 10.8. The zero-order valence-electron chi connectivity index (χ0n) is 8.86. The molecule has 1 heterocycles. The number of nitrogens with one attached hydrogen (secondary N) is 1. The lowest BCUT2D eigenvalue weighted by atomic mass is 9.83. The molecule has 0 aliphatic heterocycles. The molecular formula is C13H13NO2. The molecule has 3 rings (SSSR count). The molecule has 1 aliphatic rings. The molecule has 1 aromatic carbocycles. The molecule has 0 amide bonds. The lowest BCUT2D eigenvalue weighted by Gasteiger charge is -2.20. The van der Waals surface area contributed by atoms with Gasteiger partial charge in [-0.3, -0.25) is 4.79 Å². The summed E-state index contributed by atoms with van der Waals surface area (Å²) in [5, 5.41) is 10.1. The Balaban J connectivity index is 2.14. The van der Waals surface area contributed by atoms with Crippen LogP contribution in [0.2, 0.25) is 0 Å². The second kappa shape index (κ2) is 3.37. The molecule has 0 fully saturated rings. The van der Waals surface area contributed by atoms with Crippen LogP contribution in [0.4, 0.5) is 0 Å². The number of carboxylic acid groups (broad SMARTS) is 1. The number of carboxylic acids is 1. The lowest BCUT2D eigenvalue weighted by Crippen LogP contribution is -2.11. The molecular weight excluding hydrogens is 202 g/mol. The summed E-state index contributed by atoms with van der Waals surface area (Å²) in [5.74, 6) is -0.542. The summed E-state index contributed by atoms with van der Waals surface area (Å²) in [7, 11) is 0. The van der Waals surface area contributed by atoms with Gasteiger partial charge in [-0.15, -0.1) is 0 Å². The maximum Gasteiger partial charge on any atom is 0.303 e. The van der Waals surface area contributed by atoms with Gasteiger partial charge in [0, 0.05) is 17.1 Å². The number of aliphatic carboxylic acids is 1. The van der Waals surface area contributed by atoms with Gasteiger partial charge in [-0.2, -0.15) is 0 Å². The van der Waals surface area contributed by atoms with Gasteiger partial charge < -0.3 is 10.1 Å². The van der Waals surface area contributed by atoms with Crippen molar-refractivity contribution in [2.24, 2.45) is 0 Å². The van der Waals surface area contributed by atoms with Crippen molar-refractivity contribution in [1.29, 1.82) is 0 Å². The van der Waals surface area contributed by atoms with Gasteiger partial charge in [-0.25, -0.2) is 0 Å². The minimum atomic E-state index is -0.710. The van der Waals surface area contributed by atoms with Crippen molar-refractivity contribution in [1.82, 2.24) is 4.98 Å². The van der Waals surface area contributed by atoms with Crippen LogP contribution in [-0.2, 0) is 11.2 Å². The van der Waals surface area contributed by atoms with Gasteiger partial charge in [0.05, 0.1) is 6.42 Å². The van der Waals surface area contributed by atoms with Crippen LogP contribution in [0, 0.1) is 0 Å². The van der Waals surface area contributed by atoms with Gasteiger partial charge >= 0.3 is 5.97 Å². The molecule has 1 unspecified atom stereocenters. The van der Waals surface area contributed by atoms with E-state index in [4.69, 9.17) is 5.11 Å². The predicted molar refractivity (Wildman–Crippen MR) is 61.6 cm³/mol. The van der Waals surface area contributed by atoms with E-state index >= 15 is 0 Å². The number of hydrogen-bond donors (Lipinski definition) is 2. The van der Waals surface area contributed by atoms with Gasteiger partial charge in [0.1, 0.15) is 0 Å². The van der Waals surface area contributed by atoms with Crippen LogP contribution in [0.25, 0.3) is 10.9 Å². The Morgan fingerprint density at radius 2 is 2.38 bits per heavy atom. The fourth-order valence-corrected chi connectivity index (χ4v) is 2.73. The van der Waals surface area contributed by atoms with E-state index < -0.39 is 5.97 Å². The Hall–Kier alpha value is -1.77. The van der Waals surface area contributed by atoms with Crippen LogP contribution in [0.1, 0.15) is 29.9 Å². The average Bonchev–Trinajstić information content (AvgIpc) is 2.68. The van der Waals surface area contributed by atoms with Crippen LogP contribution in [0.5, 0.6) is 0 Å². The number of benzene rings is 1. The highest BCUT2D eigenvalue weighted by Gasteiger charge is 2.24. The number of H-pyrrole nitrogens is 1. The molecule has 82 valence electrons. The molecule has 0 spiro atoms. The Morgan fingerprint density at radius 1 is 1.50 bits per heavy atom. The van der Waals surface area contributed by atoms with Crippen LogP contribution in [0.15, 0.2) is 24.4 Å². The van der Waals surface area contributed by atoms with Gasteiger partial charge in [-0.05, 0) is 36.0 Å². The summed E-state index contributed by atoms with van der Waals surface area (Å²) >= 11 is 0. The first-order valence-corrected chi connectivity index (χ1v) is 5.56. The Kier molecular flexibility index (Phi) is 1.99. The number of hydrogen-bond acceptors (Lipinski definition) is 1. The monoisotopic (exact) mass is 215 g/mol. The van der Waals surface area contributed by atoms with E-state index in [1.54, 1.807) is 0 Å². The standard InChI is InChI=1S/C13H13NO2/c15-12(16)6-9-5-4-8-2-1-3-11-13(8)10(9)7-14-11/h1-3,7,9,14H,4-6H2,(H,15,16). The summed E-state index contributed by atoms with van der Waals surface area (Å²) < 4.78 is 0. The van der Waals surface area contributed by atoms with Gasteiger partial charge in [-0.1, -0.05) is 12.1 Å². The van der Waals surface area contributed by atoms with Crippen molar-refractivity contribution < 1.29 is 9.90 Å². The first kappa shape index (κ1) is 9.46. The second-order valence-electron chi connectivity index (χ2n) is 4.42. The summed E-state index contributed by atoms with van der Waals surface area (Å²) in [5.41, 5.74) is 3.65. The van der Waals surface area contributed by atoms with Crippen LogP contribution < -0.4 is 0 Å². The summed E-state index contributed by atoms with van der Waals surface area (Å²) in [4.78, 5) is 14.0. The topological polar surface area (TPSA) is 53.1 Å². The quantitative estimate of drug-likeness (QED) is 0.809. The second-order valence-corrected chi connectivity index (χ2v) is 4.42. The smallest absolute Gasteiger partial charge is 0.303 e. The summed E-state index contributed by atoms with van der Waals surface area (Å²) in [6.45, 7) is 0. The molecule has 0 bridgehead atoms. The van der Waals surface area contributed by atoms with E-state index in [1.807, 2.05) is 12.3 Å². The molecule has 1 aliphatic carbocycles. The molecule has 0 radical (unpaired) electrons. The molecule has 1 atom stereocenters. The number of carbonyl (C=O) groups is 1. The van der Waals surface area contributed by atoms with Crippen molar-refractivity contribution >= 4 is 16.9 Å². The van der Waals surface area contributed by atoms with E-state index in [1.165, 1.54) is 16.5 Å². The van der Waals surface area contributed by atoms with Crippen molar-refractivity contribution in [2.45, 2.75) is 25.2 Å². The third-order valence-corrected chi connectivity index (χ3v) is 3.45. The van der Waals surface area contributed by atoms with E-state index in [-0.39, 0.29) is 12.3 Å². The molecule has 3 heteroatoms. The number of aromatic amines is 1.